The highest BCUT2D eigenvalue weighted by Gasteiger charge is 2.12. The maximum Gasteiger partial charge on any atom is 0.270 e. The fourth-order valence-corrected chi connectivity index (χ4v) is 2.78. The standard InChI is InChI=1S/C20H22N4O2/c1-13(2)24-20(26)18-11-14(7-9-21-18)19(25)22-10-8-15-12-23-17-6-4-3-5-16(15)17/h3-7,9,11-13,23H,8,10H2,1-2H3,(H,22,25)(H,24,26). The summed E-state index contributed by atoms with van der Waals surface area (Å²) in [7, 11) is 0. The maximum atomic E-state index is 12.4. The van der Waals surface area contributed by atoms with Gasteiger partial charge in [-0.1, -0.05) is 18.2 Å². The first-order valence-electron chi connectivity index (χ1n) is 8.64. The van der Waals surface area contributed by atoms with Gasteiger partial charge in [0.2, 0.25) is 0 Å². The lowest BCUT2D eigenvalue weighted by Gasteiger charge is -2.09. The Balaban J connectivity index is 1.61. The van der Waals surface area contributed by atoms with Crippen molar-refractivity contribution < 1.29 is 9.59 Å². The molecule has 2 heterocycles. The van der Waals surface area contributed by atoms with Gasteiger partial charge in [-0.15, -0.1) is 0 Å². The van der Waals surface area contributed by atoms with Crippen molar-refractivity contribution >= 4 is 22.7 Å². The minimum atomic E-state index is -0.284. The lowest BCUT2D eigenvalue weighted by atomic mass is 10.1. The number of aromatic nitrogens is 2. The summed E-state index contributed by atoms with van der Waals surface area (Å²) in [5.41, 5.74) is 2.91. The zero-order valence-electron chi connectivity index (χ0n) is 14.9. The Hall–Kier alpha value is -3.15. The predicted octanol–water partition coefficient (Wildman–Crippen LogP) is 2.67. The average molecular weight is 350 g/mol. The van der Waals surface area contributed by atoms with E-state index in [-0.39, 0.29) is 23.6 Å². The number of aromatic amines is 1. The summed E-state index contributed by atoms with van der Waals surface area (Å²) >= 11 is 0. The van der Waals surface area contributed by atoms with E-state index in [1.54, 1.807) is 6.07 Å². The third-order valence-corrected chi connectivity index (χ3v) is 4.03. The molecule has 0 unspecified atom stereocenters. The zero-order chi connectivity index (χ0) is 18.5. The van der Waals surface area contributed by atoms with E-state index in [0.717, 1.165) is 17.5 Å². The second kappa shape index (κ2) is 7.82. The molecule has 3 aromatic rings. The number of amides is 2. The van der Waals surface area contributed by atoms with E-state index in [1.807, 2.05) is 38.2 Å². The minimum Gasteiger partial charge on any atom is -0.361 e. The molecule has 0 aliphatic heterocycles. The van der Waals surface area contributed by atoms with Crippen molar-refractivity contribution in [3.05, 3.63) is 65.6 Å². The first-order chi connectivity index (χ1) is 12.5. The van der Waals surface area contributed by atoms with Crippen molar-refractivity contribution in [2.75, 3.05) is 6.54 Å². The van der Waals surface area contributed by atoms with Crippen LogP contribution in [-0.4, -0.2) is 34.4 Å². The number of hydrogen-bond donors (Lipinski definition) is 3. The summed E-state index contributed by atoms with van der Waals surface area (Å²) in [6, 6.07) is 11.2. The van der Waals surface area contributed by atoms with E-state index in [9.17, 15) is 9.59 Å². The van der Waals surface area contributed by atoms with Crippen LogP contribution in [0, 0.1) is 0 Å². The number of para-hydroxylation sites is 1. The molecule has 0 fully saturated rings. The maximum absolute atomic E-state index is 12.4. The largest absolute Gasteiger partial charge is 0.361 e. The Bertz CT molecular complexity index is 930. The number of nitrogens with zero attached hydrogens (tertiary/aromatic N) is 1. The molecule has 0 bridgehead atoms. The van der Waals surface area contributed by atoms with Gasteiger partial charge in [0.25, 0.3) is 11.8 Å². The van der Waals surface area contributed by atoms with E-state index in [4.69, 9.17) is 0 Å². The number of hydrogen-bond acceptors (Lipinski definition) is 3. The van der Waals surface area contributed by atoms with Crippen molar-refractivity contribution in [2.45, 2.75) is 26.3 Å². The topological polar surface area (TPSA) is 86.9 Å². The Kier molecular flexibility index (Phi) is 5.31. The van der Waals surface area contributed by atoms with Gasteiger partial charge < -0.3 is 15.6 Å². The van der Waals surface area contributed by atoms with Gasteiger partial charge in [-0.2, -0.15) is 0 Å². The summed E-state index contributed by atoms with van der Waals surface area (Å²) in [5.74, 6) is -0.501. The predicted molar refractivity (Wildman–Crippen MR) is 101 cm³/mol. The highest BCUT2D eigenvalue weighted by molar-refractivity contribution is 5.98. The second-order valence-corrected chi connectivity index (χ2v) is 6.42. The number of benzene rings is 1. The van der Waals surface area contributed by atoms with Crippen LogP contribution in [0.5, 0.6) is 0 Å². The summed E-state index contributed by atoms with van der Waals surface area (Å²) in [4.78, 5) is 31.6. The molecule has 6 nitrogen and oxygen atoms in total. The summed E-state index contributed by atoms with van der Waals surface area (Å²) < 4.78 is 0. The number of carbonyl (C=O) groups is 2. The van der Waals surface area contributed by atoms with E-state index < -0.39 is 0 Å². The van der Waals surface area contributed by atoms with Gasteiger partial charge in [0.15, 0.2) is 0 Å². The minimum absolute atomic E-state index is 0.0120. The van der Waals surface area contributed by atoms with Gasteiger partial charge >= 0.3 is 0 Å². The van der Waals surface area contributed by atoms with Crippen LogP contribution in [0.25, 0.3) is 10.9 Å². The molecular formula is C20H22N4O2. The monoisotopic (exact) mass is 350 g/mol. The summed E-state index contributed by atoms with van der Waals surface area (Å²) in [5, 5.41) is 6.83. The SMILES string of the molecule is CC(C)NC(=O)c1cc(C(=O)NCCc2c[nH]c3ccccc23)ccn1. The quantitative estimate of drug-likeness (QED) is 0.639. The zero-order valence-corrected chi connectivity index (χ0v) is 14.9. The van der Waals surface area contributed by atoms with Crippen LogP contribution < -0.4 is 10.6 Å². The molecule has 0 spiro atoms. The average Bonchev–Trinajstić information content (AvgIpc) is 3.04. The van der Waals surface area contributed by atoms with Crippen LogP contribution in [0.3, 0.4) is 0 Å². The summed E-state index contributed by atoms with van der Waals surface area (Å²) in [6.45, 7) is 4.26. The van der Waals surface area contributed by atoms with Gasteiger partial charge in [-0.25, -0.2) is 0 Å². The van der Waals surface area contributed by atoms with Crippen LogP contribution >= 0.6 is 0 Å². The number of carbonyl (C=O) groups excluding carboxylic acids is 2. The van der Waals surface area contributed by atoms with Crippen LogP contribution in [0.2, 0.25) is 0 Å². The Labute approximate surface area is 152 Å². The Morgan fingerprint density at radius 3 is 2.77 bits per heavy atom. The number of rotatable bonds is 6. The number of pyridine rings is 1. The molecule has 134 valence electrons. The van der Waals surface area contributed by atoms with Crippen molar-refractivity contribution in [3.63, 3.8) is 0 Å². The molecule has 1 aromatic carbocycles. The third kappa shape index (κ3) is 4.08. The summed E-state index contributed by atoms with van der Waals surface area (Å²) in [6.07, 6.45) is 4.17. The molecule has 2 aromatic heterocycles. The molecule has 0 radical (unpaired) electrons. The number of fused-ring (bicyclic) bond motifs is 1. The van der Waals surface area contributed by atoms with Crippen molar-refractivity contribution in [2.24, 2.45) is 0 Å². The van der Waals surface area contributed by atoms with Crippen LogP contribution in [0.1, 0.15) is 40.3 Å². The molecule has 3 N–H and O–H groups in total. The van der Waals surface area contributed by atoms with Crippen molar-refractivity contribution in [3.8, 4) is 0 Å². The highest BCUT2D eigenvalue weighted by Crippen LogP contribution is 2.17. The molecule has 6 heteroatoms. The molecule has 0 saturated carbocycles. The van der Waals surface area contributed by atoms with Crippen LogP contribution in [0.15, 0.2) is 48.8 Å². The Morgan fingerprint density at radius 1 is 1.15 bits per heavy atom. The molecule has 3 rings (SSSR count). The van der Waals surface area contributed by atoms with Gasteiger partial charge in [0, 0.05) is 41.4 Å². The first kappa shape index (κ1) is 17.7. The van der Waals surface area contributed by atoms with E-state index in [1.165, 1.54) is 17.6 Å². The normalized spacial score (nSPS) is 10.9. The molecular weight excluding hydrogens is 328 g/mol. The van der Waals surface area contributed by atoms with Gasteiger partial charge in [-0.3, -0.25) is 14.6 Å². The first-order valence-corrected chi connectivity index (χ1v) is 8.64. The fraction of sp³-hybridized carbons (Fsp3) is 0.250. The molecule has 0 aliphatic carbocycles. The second-order valence-electron chi connectivity index (χ2n) is 6.42. The highest BCUT2D eigenvalue weighted by atomic mass is 16.2. The molecule has 26 heavy (non-hydrogen) atoms. The van der Waals surface area contributed by atoms with Gasteiger partial charge in [0.05, 0.1) is 0 Å². The van der Waals surface area contributed by atoms with E-state index >= 15 is 0 Å². The molecule has 0 aliphatic rings. The van der Waals surface area contributed by atoms with Crippen molar-refractivity contribution in [1.29, 1.82) is 0 Å². The van der Waals surface area contributed by atoms with E-state index in [2.05, 4.69) is 26.7 Å². The third-order valence-electron chi connectivity index (χ3n) is 4.03. The number of H-pyrrole nitrogens is 1. The van der Waals surface area contributed by atoms with Crippen molar-refractivity contribution in [1.82, 2.24) is 20.6 Å². The number of nitrogens with one attached hydrogen (secondary N) is 3. The van der Waals surface area contributed by atoms with Gasteiger partial charge in [0.1, 0.15) is 5.69 Å². The molecule has 2 amide bonds. The molecule has 0 saturated heterocycles. The van der Waals surface area contributed by atoms with Crippen LogP contribution in [-0.2, 0) is 6.42 Å². The lowest BCUT2D eigenvalue weighted by molar-refractivity contribution is 0.0938. The smallest absolute Gasteiger partial charge is 0.270 e. The van der Waals surface area contributed by atoms with E-state index in [0.29, 0.717) is 12.1 Å². The lowest BCUT2D eigenvalue weighted by Crippen LogP contribution is -2.31. The Morgan fingerprint density at radius 2 is 1.96 bits per heavy atom. The fourth-order valence-electron chi connectivity index (χ4n) is 2.78. The molecule has 0 atom stereocenters. The van der Waals surface area contributed by atoms with Gasteiger partial charge in [-0.05, 0) is 44.0 Å². The van der Waals surface area contributed by atoms with Crippen LogP contribution in [0.4, 0.5) is 0 Å².